The van der Waals surface area contributed by atoms with Crippen LogP contribution in [-0.2, 0) is 6.18 Å². The predicted octanol–water partition coefficient (Wildman–Crippen LogP) is 1.93. The molecule has 0 saturated heterocycles. The van der Waals surface area contributed by atoms with Crippen molar-refractivity contribution in [1.82, 2.24) is 0 Å². The van der Waals surface area contributed by atoms with Crippen LogP contribution in [0.1, 0.15) is 5.56 Å². The number of rotatable bonds is 4. The summed E-state index contributed by atoms with van der Waals surface area (Å²) in [7, 11) is 0. The number of amidine groups is 1. The summed E-state index contributed by atoms with van der Waals surface area (Å²) in [5.41, 5.74) is 3.00. The van der Waals surface area contributed by atoms with Crippen molar-refractivity contribution in [2.75, 3.05) is 6.61 Å². The molecule has 98 valence electrons. The lowest BCUT2D eigenvalue weighted by Crippen LogP contribution is -2.19. The summed E-state index contributed by atoms with van der Waals surface area (Å²) >= 11 is 0. The van der Waals surface area contributed by atoms with Gasteiger partial charge in [0, 0.05) is 6.07 Å². The largest absolute Gasteiger partial charge is 0.479 e. The Morgan fingerprint density at radius 2 is 2.11 bits per heavy atom. The molecule has 0 aliphatic heterocycles. The third-order valence-electron chi connectivity index (χ3n) is 1.87. The van der Waals surface area contributed by atoms with Gasteiger partial charge in [-0.2, -0.15) is 13.2 Å². The van der Waals surface area contributed by atoms with Crippen LogP contribution in [0.3, 0.4) is 0 Å². The molecular weight excluding hydrogens is 255 g/mol. The third kappa shape index (κ3) is 3.34. The summed E-state index contributed by atoms with van der Waals surface area (Å²) < 4.78 is 41.8. The van der Waals surface area contributed by atoms with Gasteiger partial charge < -0.3 is 10.5 Å². The van der Waals surface area contributed by atoms with Gasteiger partial charge in [0.25, 0.3) is 0 Å². The molecule has 0 bridgehead atoms. The second-order valence-corrected chi connectivity index (χ2v) is 3.25. The van der Waals surface area contributed by atoms with Crippen LogP contribution in [0.5, 0.6) is 5.75 Å². The van der Waals surface area contributed by atoms with E-state index < -0.39 is 34.8 Å². The summed E-state index contributed by atoms with van der Waals surface area (Å²) in [6, 6.07) is 1.85. The zero-order valence-electron chi connectivity index (χ0n) is 8.82. The van der Waals surface area contributed by atoms with Crippen LogP contribution in [0.25, 0.3) is 0 Å². The number of hydrogen-bond acceptors (Lipinski definition) is 4. The summed E-state index contributed by atoms with van der Waals surface area (Å²) in [5, 5.41) is 17.5. The maximum atomic E-state index is 12.4. The van der Waals surface area contributed by atoms with Crippen LogP contribution in [0.15, 0.2) is 18.2 Å². The summed E-state index contributed by atoms with van der Waals surface area (Å²) in [6.07, 6.45) is -4.68. The predicted molar refractivity (Wildman–Crippen MR) is 55.5 cm³/mol. The van der Waals surface area contributed by atoms with Crippen LogP contribution in [0.2, 0.25) is 0 Å². The highest BCUT2D eigenvalue weighted by Gasteiger charge is 2.33. The SMILES string of the molecule is N=C(N)COc1ccc(C(F)(F)F)cc1[N+](=O)[O-]. The van der Waals surface area contributed by atoms with Crippen LogP contribution in [0, 0.1) is 15.5 Å². The van der Waals surface area contributed by atoms with E-state index in [2.05, 4.69) is 0 Å². The monoisotopic (exact) mass is 263 g/mol. The first-order valence-corrected chi connectivity index (χ1v) is 4.53. The molecule has 1 rings (SSSR count). The van der Waals surface area contributed by atoms with Crippen molar-refractivity contribution in [3.05, 3.63) is 33.9 Å². The van der Waals surface area contributed by atoms with Gasteiger partial charge in [-0.05, 0) is 12.1 Å². The highest BCUT2D eigenvalue weighted by molar-refractivity contribution is 5.78. The van der Waals surface area contributed by atoms with Gasteiger partial charge in [0.05, 0.1) is 10.5 Å². The fourth-order valence-corrected chi connectivity index (χ4v) is 1.11. The lowest BCUT2D eigenvalue weighted by Gasteiger charge is -2.09. The molecule has 6 nitrogen and oxygen atoms in total. The Bertz CT molecular complexity index is 488. The molecule has 0 spiro atoms. The first kappa shape index (κ1) is 13.7. The Kier molecular flexibility index (Phi) is 3.74. The van der Waals surface area contributed by atoms with Crippen molar-refractivity contribution in [2.45, 2.75) is 6.18 Å². The molecule has 18 heavy (non-hydrogen) atoms. The lowest BCUT2D eigenvalue weighted by molar-refractivity contribution is -0.386. The van der Waals surface area contributed by atoms with Gasteiger partial charge in [-0.25, -0.2) is 0 Å². The summed E-state index contributed by atoms with van der Waals surface area (Å²) in [5.74, 6) is -0.771. The van der Waals surface area contributed by atoms with Crippen molar-refractivity contribution in [3.63, 3.8) is 0 Å². The molecule has 0 aromatic heterocycles. The Hall–Kier alpha value is -2.32. The van der Waals surface area contributed by atoms with E-state index in [-0.39, 0.29) is 5.75 Å². The summed E-state index contributed by atoms with van der Waals surface area (Å²) in [4.78, 5) is 9.62. The molecular formula is C9H8F3N3O3. The zero-order chi connectivity index (χ0) is 13.9. The molecule has 0 aliphatic rings. The molecule has 0 fully saturated rings. The normalized spacial score (nSPS) is 11.1. The quantitative estimate of drug-likeness (QED) is 0.375. The third-order valence-corrected chi connectivity index (χ3v) is 1.87. The van der Waals surface area contributed by atoms with Crippen LogP contribution in [-0.4, -0.2) is 17.4 Å². The van der Waals surface area contributed by atoms with E-state index in [1.54, 1.807) is 0 Å². The number of ether oxygens (including phenoxy) is 1. The smallest absolute Gasteiger partial charge is 0.416 e. The number of hydrogen-bond donors (Lipinski definition) is 2. The Morgan fingerprint density at radius 3 is 2.56 bits per heavy atom. The minimum atomic E-state index is -4.68. The van der Waals surface area contributed by atoms with Gasteiger partial charge >= 0.3 is 11.9 Å². The minimum absolute atomic E-state index is 0.371. The van der Waals surface area contributed by atoms with E-state index >= 15 is 0 Å². The number of halogens is 3. The molecule has 1 aromatic carbocycles. The fraction of sp³-hybridized carbons (Fsp3) is 0.222. The van der Waals surface area contributed by atoms with Gasteiger partial charge in [-0.1, -0.05) is 0 Å². The van der Waals surface area contributed by atoms with Crippen molar-refractivity contribution in [2.24, 2.45) is 5.73 Å². The van der Waals surface area contributed by atoms with Crippen molar-refractivity contribution >= 4 is 11.5 Å². The second kappa shape index (κ2) is 4.90. The second-order valence-electron chi connectivity index (χ2n) is 3.25. The van der Waals surface area contributed by atoms with Crippen LogP contribution in [0.4, 0.5) is 18.9 Å². The molecule has 0 radical (unpaired) electrons. The highest BCUT2D eigenvalue weighted by atomic mass is 19.4. The van der Waals surface area contributed by atoms with Crippen molar-refractivity contribution in [3.8, 4) is 5.75 Å². The van der Waals surface area contributed by atoms with Gasteiger partial charge in [-0.3, -0.25) is 15.5 Å². The maximum Gasteiger partial charge on any atom is 0.416 e. The zero-order valence-corrected chi connectivity index (χ0v) is 8.82. The number of nitrogens with two attached hydrogens (primary N) is 1. The van der Waals surface area contributed by atoms with E-state index in [4.69, 9.17) is 15.9 Å². The van der Waals surface area contributed by atoms with Crippen molar-refractivity contribution < 1.29 is 22.8 Å². The number of benzene rings is 1. The number of nitrogens with zero attached hydrogens (tertiary/aromatic N) is 1. The molecule has 0 heterocycles. The molecule has 0 aliphatic carbocycles. The molecule has 3 N–H and O–H groups in total. The van der Waals surface area contributed by atoms with E-state index in [0.717, 1.165) is 6.07 Å². The molecule has 0 amide bonds. The Morgan fingerprint density at radius 1 is 1.50 bits per heavy atom. The number of alkyl halides is 3. The number of nitro benzene ring substituents is 1. The average molecular weight is 263 g/mol. The van der Waals surface area contributed by atoms with E-state index in [9.17, 15) is 23.3 Å². The Labute approximate surface area is 98.8 Å². The number of nitro groups is 1. The summed E-state index contributed by atoms with van der Waals surface area (Å²) in [6.45, 7) is -0.438. The van der Waals surface area contributed by atoms with Gasteiger partial charge in [0.1, 0.15) is 12.4 Å². The van der Waals surface area contributed by atoms with E-state index in [1.165, 1.54) is 0 Å². The lowest BCUT2D eigenvalue weighted by atomic mass is 10.2. The van der Waals surface area contributed by atoms with Gasteiger partial charge in [0.2, 0.25) is 0 Å². The standard InChI is InChI=1S/C9H8F3N3O3/c10-9(11,12)5-1-2-7(18-4-8(13)14)6(3-5)15(16)17/h1-3H,4H2,(H3,13,14). The van der Waals surface area contributed by atoms with E-state index in [0.29, 0.717) is 12.1 Å². The van der Waals surface area contributed by atoms with Crippen LogP contribution >= 0.6 is 0 Å². The van der Waals surface area contributed by atoms with Gasteiger partial charge in [-0.15, -0.1) is 0 Å². The first-order chi connectivity index (χ1) is 8.21. The van der Waals surface area contributed by atoms with E-state index in [1.807, 2.05) is 0 Å². The highest BCUT2D eigenvalue weighted by Crippen LogP contribution is 2.35. The fourth-order valence-electron chi connectivity index (χ4n) is 1.11. The molecule has 0 atom stereocenters. The molecule has 1 aromatic rings. The van der Waals surface area contributed by atoms with Gasteiger partial charge in [0.15, 0.2) is 5.75 Å². The molecule has 9 heteroatoms. The molecule has 0 unspecified atom stereocenters. The Balaban J connectivity index is 3.13. The minimum Gasteiger partial charge on any atom is -0.479 e. The van der Waals surface area contributed by atoms with Crippen molar-refractivity contribution in [1.29, 1.82) is 5.41 Å². The average Bonchev–Trinajstić information content (AvgIpc) is 2.24. The maximum absolute atomic E-state index is 12.4. The first-order valence-electron chi connectivity index (χ1n) is 4.53. The number of nitrogens with one attached hydrogen (secondary N) is 1. The molecule has 0 saturated carbocycles. The van der Waals surface area contributed by atoms with Crippen LogP contribution < -0.4 is 10.5 Å². The topological polar surface area (TPSA) is 102 Å².